The number of nitrogens with zero attached hydrogens (tertiary/aromatic N) is 2. The summed E-state index contributed by atoms with van der Waals surface area (Å²) in [6, 6.07) is 10.9. The lowest BCUT2D eigenvalue weighted by Crippen LogP contribution is -2.17. The Labute approximate surface area is 162 Å². The highest BCUT2D eigenvalue weighted by Crippen LogP contribution is 2.32. The predicted molar refractivity (Wildman–Crippen MR) is 100 cm³/mol. The van der Waals surface area contributed by atoms with Crippen LogP contribution >= 0.6 is 11.3 Å². The highest BCUT2D eigenvalue weighted by Gasteiger charge is 2.30. The number of aryl methyl sites for hydroxylation is 1. The summed E-state index contributed by atoms with van der Waals surface area (Å²) in [5.74, 6) is -0.347. The number of halogens is 3. The molecule has 0 fully saturated rings. The number of amides is 1. The van der Waals surface area contributed by atoms with Crippen molar-refractivity contribution < 1.29 is 23.1 Å². The number of phenolic OH excluding ortho intramolecular Hbond substituents is 1. The fraction of sp³-hybridized carbons (Fsp3) is 0.105. The number of thiazole rings is 1. The number of hydrogen-bond acceptors (Lipinski definition) is 5. The quantitative estimate of drug-likeness (QED) is 0.492. The first-order valence-electron chi connectivity index (χ1n) is 8.01. The third-order valence-electron chi connectivity index (χ3n) is 3.73. The highest BCUT2D eigenvalue weighted by atomic mass is 32.1. The molecular formula is C19H14F3N3O2S. The molecule has 2 aromatic carbocycles. The maximum atomic E-state index is 12.7. The zero-order chi connectivity index (χ0) is 20.3. The van der Waals surface area contributed by atoms with Crippen LogP contribution in [0.4, 0.5) is 13.2 Å². The van der Waals surface area contributed by atoms with E-state index in [1.54, 1.807) is 19.1 Å². The second-order valence-electron chi connectivity index (χ2n) is 5.80. The van der Waals surface area contributed by atoms with Gasteiger partial charge >= 0.3 is 6.18 Å². The van der Waals surface area contributed by atoms with Gasteiger partial charge in [-0.15, -0.1) is 11.3 Å². The van der Waals surface area contributed by atoms with Gasteiger partial charge in [-0.05, 0) is 48.9 Å². The topological polar surface area (TPSA) is 74.6 Å². The van der Waals surface area contributed by atoms with Crippen molar-refractivity contribution in [2.24, 2.45) is 5.10 Å². The van der Waals surface area contributed by atoms with Gasteiger partial charge in [-0.2, -0.15) is 18.3 Å². The third kappa shape index (κ3) is 4.55. The fourth-order valence-corrected chi connectivity index (χ4v) is 3.27. The summed E-state index contributed by atoms with van der Waals surface area (Å²) < 4.78 is 38.0. The Morgan fingerprint density at radius 3 is 2.39 bits per heavy atom. The third-order valence-corrected chi connectivity index (χ3v) is 4.94. The molecule has 28 heavy (non-hydrogen) atoms. The average molecular weight is 405 g/mol. The van der Waals surface area contributed by atoms with E-state index in [1.165, 1.54) is 30.5 Å². The van der Waals surface area contributed by atoms with Gasteiger partial charge < -0.3 is 5.11 Å². The number of aromatic hydroxyl groups is 1. The Bertz CT molecular complexity index is 1010. The van der Waals surface area contributed by atoms with Gasteiger partial charge in [0.1, 0.15) is 15.6 Å². The van der Waals surface area contributed by atoms with Crippen LogP contribution in [-0.4, -0.2) is 22.2 Å². The van der Waals surface area contributed by atoms with Gasteiger partial charge in [0.05, 0.1) is 17.5 Å². The number of benzene rings is 2. The zero-order valence-corrected chi connectivity index (χ0v) is 15.3. The molecule has 1 heterocycles. The molecule has 1 amide bonds. The smallest absolute Gasteiger partial charge is 0.416 e. The van der Waals surface area contributed by atoms with Crippen molar-refractivity contribution >= 4 is 23.5 Å². The zero-order valence-electron chi connectivity index (χ0n) is 14.5. The van der Waals surface area contributed by atoms with Crippen LogP contribution in [0, 0.1) is 6.92 Å². The van der Waals surface area contributed by atoms with Crippen LogP contribution in [0.2, 0.25) is 0 Å². The molecule has 0 spiro atoms. The Hall–Kier alpha value is -3.20. The number of rotatable bonds is 4. The van der Waals surface area contributed by atoms with Crippen molar-refractivity contribution in [3.8, 4) is 16.3 Å². The molecule has 0 saturated carbocycles. The molecule has 0 bridgehead atoms. The molecule has 0 radical (unpaired) electrons. The van der Waals surface area contributed by atoms with Crippen molar-refractivity contribution in [2.75, 3.05) is 0 Å². The van der Waals surface area contributed by atoms with Crippen molar-refractivity contribution in [3.05, 3.63) is 70.2 Å². The summed E-state index contributed by atoms with van der Waals surface area (Å²) in [6.45, 7) is 1.64. The Balaban J connectivity index is 1.72. The van der Waals surface area contributed by atoms with Gasteiger partial charge in [-0.1, -0.05) is 12.1 Å². The van der Waals surface area contributed by atoms with E-state index in [2.05, 4.69) is 15.5 Å². The molecule has 9 heteroatoms. The molecule has 3 rings (SSSR count). The molecule has 0 atom stereocenters. The molecule has 0 saturated heterocycles. The second-order valence-corrected chi connectivity index (χ2v) is 6.80. The molecule has 0 unspecified atom stereocenters. The molecule has 5 nitrogen and oxygen atoms in total. The van der Waals surface area contributed by atoms with Crippen LogP contribution < -0.4 is 5.43 Å². The van der Waals surface area contributed by atoms with E-state index in [-0.39, 0.29) is 5.75 Å². The maximum absolute atomic E-state index is 12.7. The minimum atomic E-state index is -4.40. The molecule has 0 aliphatic carbocycles. The first-order chi connectivity index (χ1) is 13.2. The summed E-state index contributed by atoms with van der Waals surface area (Å²) in [6.07, 6.45) is -2.98. The van der Waals surface area contributed by atoms with Gasteiger partial charge in [-0.25, -0.2) is 10.4 Å². The van der Waals surface area contributed by atoms with Crippen LogP contribution in [0.25, 0.3) is 10.6 Å². The molecule has 0 aliphatic rings. The Kier molecular flexibility index (Phi) is 5.46. The number of nitrogens with one attached hydrogen (secondary N) is 1. The number of carbonyl (C=O) groups is 1. The lowest BCUT2D eigenvalue weighted by molar-refractivity contribution is -0.137. The molecule has 144 valence electrons. The first kappa shape index (κ1) is 19.6. The number of aromatic nitrogens is 1. The molecule has 0 aliphatic heterocycles. The van der Waals surface area contributed by atoms with Gasteiger partial charge in [-0.3, -0.25) is 4.79 Å². The van der Waals surface area contributed by atoms with E-state index in [0.717, 1.165) is 23.5 Å². The van der Waals surface area contributed by atoms with Crippen molar-refractivity contribution in [1.29, 1.82) is 0 Å². The van der Waals surface area contributed by atoms with Gasteiger partial charge in [0, 0.05) is 5.56 Å². The Morgan fingerprint density at radius 2 is 1.79 bits per heavy atom. The summed E-state index contributed by atoms with van der Waals surface area (Å²) in [5.41, 5.74) is 3.28. The number of hydrogen-bond donors (Lipinski definition) is 2. The standard InChI is InChI=1S/C19H14F3N3O2S/c1-11-16(17(27)25-23-10-12-2-8-15(26)9-3-12)28-18(24-11)13-4-6-14(7-5-13)19(20,21)22/h2-10,26H,1H3,(H,25,27)/b23-10+. The highest BCUT2D eigenvalue weighted by molar-refractivity contribution is 7.17. The van der Waals surface area contributed by atoms with Gasteiger partial charge in [0.15, 0.2) is 0 Å². The molecule has 2 N–H and O–H groups in total. The number of alkyl halides is 3. The largest absolute Gasteiger partial charge is 0.508 e. The summed E-state index contributed by atoms with van der Waals surface area (Å²) in [7, 11) is 0. The normalized spacial score (nSPS) is 11.7. The number of phenols is 1. The second kappa shape index (κ2) is 7.81. The maximum Gasteiger partial charge on any atom is 0.416 e. The van der Waals surface area contributed by atoms with Crippen molar-refractivity contribution in [1.82, 2.24) is 10.4 Å². The van der Waals surface area contributed by atoms with Gasteiger partial charge in [0.2, 0.25) is 0 Å². The first-order valence-corrected chi connectivity index (χ1v) is 8.83. The van der Waals surface area contributed by atoms with Crippen LogP contribution in [0.15, 0.2) is 53.6 Å². The molecule has 1 aromatic heterocycles. The summed E-state index contributed by atoms with van der Waals surface area (Å²) in [4.78, 5) is 16.9. The fourth-order valence-electron chi connectivity index (χ4n) is 2.31. The van der Waals surface area contributed by atoms with E-state index in [4.69, 9.17) is 0 Å². The van der Waals surface area contributed by atoms with Crippen molar-refractivity contribution in [3.63, 3.8) is 0 Å². The minimum Gasteiger partial charge on any atom is -0.508 e. The molecular weight excluding hydrogens is 391 g/mol. The monoisotopic (exact) mass is 405 g/mol. The summed E-state index contributed by atoms with van der Waals surface area (Å²) >= 11 is 1.07. The van der Waals surface area contributed by atoms with Gasteiger partial charge in [0.25, 0.3) is 5.91 Å². The van der Waals surface area contributed by atoms with E-state index in [1.807, 2.05) is 0 Å². The Morgan fingerprint density at radius 1 is 1.14 bits per heavy atom. The lowest BCUT2D eigenvalue weighted by atomic mass is 10.1. The van der Waals surface area contributed by atoms with Crippen LogP contribution in [-0.2, 0) is 6.18 Å². The number of hydrazone groups is 1. The van der Waals surface area contributed by atoms with Crippen molar-refractivity contribution in [2.45, 2.75) is 13.1 Å². The van der Waals surface area contributed by atoms with E-state index in [0.29, 0.717) is 26.7 Å². The van der Waals surface area contributed by atoms with Crippen LogP contribution in [0.3, 0.4) is 0 Å². The lowest BCUT2D eigenvalue weighted by Gasteiger charge is -2.06. The predicted octanol–water partition coefficient (Wildman–Crippen LogP) is 4.61. The van der Waals surface area contributed by atoms with E-state index < -0.39 is 17.6 Å². The summed E-state index contributed by atoms with van der Waals surface area (Å²) in [5, 5.41) is 13.5. The van der Waals surface area contributed by atoms with E-state index >= 15 is 0 Å². The average Bonchev–Trinajstić information content (AvgIpc) is 3.04. The SMILES string of the molecule is Cc1nc(-c2ccc(C(F)(F)F)cc2)sc1C(=O)N/N=C/c1ccc(O)cc1. The minimum absolute atomic E-state index is 0.122. The molecule has 3 aromatic rings. The van der Waals surface area contributed by atoms with Crippen LogP contribution in [0.5, 0.6) is 5.75 Å². The van der Waals surface area contributed by atoms with Crippen LogP contribution in [0.1, 0.15) is 26.5 Å². The van der Waals surface area contributed by atoms with E-state index in [9.17, 15) is 23.1 Å². The number of carbonyl (C=O) groups excluding carboxylic acids is 1.